The summed E-state index contributed by atoms with van der Waals surface area (Å²) in [5.74, 6) is 3.37. The Kier molecular flexibility index (Phi) is 5.89. The number of carbonyl (C=O) groups is 2. The third-order valence-electron chi connectivity index (χ3n) is 9.89. The van der Waals surface area contributed by atoms with E-state index in [0.29, 0.717) is 47.3 Å². The predicted molar refractivity (Wildman–Crippen MR) is 129 cm³/mol. The fraction of sp³-hybridized carbons (Fsp3) is 0.643. The van der Waals surface area contributed by atoms with Gasteiger partial charge in [-0.1, -0.05) is 26.0 Å². The highest BCUT2D eigenvalue weighted by molar-refractivity contribution is 5.89. The normalized spacial score (nSPS) is 38.2. The van der Waals surface area contributed by atoms with E-state index in [4.69, 9.17) is 14.2 Å². The molecule has 0 bridgehead atoms. The summed E-state index contributed by atoms with van der Waals surface area (Å²) >= 11 is 0. The Hall–Kier alpha value is -2.50. The molecule has 34 heavy (non-hydrogen) atoms. The molecule has 3 fully saturated rings. The van der Waals surface area contributed by atoms with Crippen LogP contribution in [0, 0.1) is 34.5 Å². The maximum atomic E-state index is 13.1. The summed E-state index contributed by atoms with van der Waals surface area (Å²) in [5, 5.41) is 3.23. The number of fused-ring (bicyclic) bond motifs is 5. The topological polar surface area (TPSA) is 73.9 Å². The maximum Gasteiger partial charge on any atom is 0.311 e. The van der Waals surface area contributed by atoms with Gasteiger partial charge in [0.1, 0.15) is 0 Å². The summed E-state index contributed by atoms with van der Waals surface area (Å²) in [4.78, 5) is 25.0. The second kappa shape index (κ2) is 8.62. The summed E-state index contributed by atoms with van der Waals surface area (Å²) in [6.45, 7) is 4.76. The van der Waals surface area contributed by atoms with Crippen LogP contribution in [0.2, 0.25) is 0 Å². The predicted octanol–water partition coefficient (Wildman–Crippen LogP) is 4.91. The van der Waals surface area contributed by atoms with E-state index in [1.165, 1.54) is 6.42 Å². The third-order valence-corrected chi connectivity index (χ3v) is 9.89. The summed E-state index contributed by atoms with van der Waals surface area (Å²) in [5.41, 5.74) is 0.186. The lowest BCUT2D eigenvalue weighted by molar-refractivity contribution is -0.137. The SMILES string of the molecule is COc1cccc(OC)c1OC(=O)C[C@H]1CC[C@H]2[C@@H]3CCC4NC(=O)C=C[C@]4(C)[C@H]3CC[C@]12C. The van der Waals surface area contributed by atoms with Gasteiger partial charge in [0, 0.05) is 17.9 Å². The van der Waals surface area contributed by atoms with Gasteiger partial charge in [0.25, 0.3) is 0 Å². The fourth-order valence-electron chi connectivity index (χ4n) is 8.05. The number of ether oxygens (including phenoxy) is 3. The second-order valence-corrected chi connectivity index (χ2v) is 11.2. The Labute approximate surface area is 202 Å². The van der Waals surface area contributed by atoms with Crippen molar-refractivity contribution >= 4 is 11.9 Å². The Morgan fingerprint density at radius 2 is 1.76 bits per heavy atom. The van der Waals surface area contributed by atoms with Gasteiger partial charge in [-0.25, -0.2) is 0 Å². The van der Waals surface area contributed by atoms with Gasteiger partial charge in [0.2, 0.25) is 11.7 Å². The average Bonchev–Trinajstić information content (AvgIpc) is 3.15. The molecule has 0 radical (unpaired) electrons. The van der Waals surface area contributed by atoms with Crippen molar-refractivity contribution in [3.8, 4) is 17.2 Å². The van der Waals surface area contributed by atoms with Crippen LogP contribution in [0.15, 0.2) is 30.4 Å². The molecular formula is C28H37NO5. The van der Waals surface area contributed by atoms with E-state index in [-0.39, 0.29) is 28.7 Å². The summed E-state index contributed by atoms with van der Waals surface area (Å²) < 4.78 is 16.6. The largest absolute Gasteiger partial charge is 0.493 e. The Morgan fingerprint density at radius 1 is 1.03 bits per heavy atom. The third kappa shape index (κ3) is 3.61. The Bertz CT molecular complexity index is 982. The molecule has 5 rings (SSSR count). The van der Waals surface area contributed by atoms with E-state index in [1.54, 1.807) is 32.4 Å². The van der Waals surface area contributed by atoms with Gasteiger partial charge >= 0.3 is 5.97 Å². The van der Waals surface area contributed by atoms with Crippen LogP contribution in [0.4, 0.5) is 0 Å². The molecule has 0 aromatic heterocycles. The van der Waals surface area contributed by atoms with Crippen molar-refractivity contribution in [1.82, 2.24) is 5.32 Å². The van der Waals surface area contributed by atoms with Crippen LogP contribution in [0.5, 0.6) is 17.2 Å². The van der Waals surface area contributed by atoms with Crippen molar-refractivity contribution < 1.29 is 23.8 Å². The van der Waals surface area contributed by atoms with Crippen LogP contribution >= 0.6 is 0 Å². The van der Waals surface area contributed by atoms with Crippen molar-refractivity contribution in [2.75, 3.05) is 14.2 Å². The van der Waals surface area contributed by atoms with Gasteiger partial charge in [-0.2, -0.15) is 0 Å². The Balaban J connectivity index is 1.31. The molecule has 3 aliphatic carbocycles. The van der Waals surface area contributed by atoms with E-state index in [0.717, 1.165) is 32.1 Å². The minimum Gasteiger partial charge on any atom is -0.493 e. The van der Waals surface area contributed by atoms with Crippen LogP contribution in [0.25, 0.3) is 0 Å². The van der Waals surface area contributed by atoms with Gasteiger partial charge in [-0.05, 0) is 85.8 Å². The molecule has 1 amide bonds. The van der Waals surface area contributed by atoms with E-state index in [1.807, 2.05) is 6.07 Å². The van der Waals surface area contributed by atoms with Gasteiger partial charge in [0.15, 0.2) is 11.5 Å². The van der Waals surface area contributed by atoms with Crippen LogP contribution < -0.4 is 19.5 Å². The number of hydrogen-bond donors (Lipinski definition) is 1. The molecule has 1 heterocycles. The monoisotopic (exact) mass is 467 g/mol. The smallest absolute Gasteiger partial charge is 0.311 e. The number of para-hydroxylation sites is 1. The van der Waals surface area contributed by atoms with Gasteiger partial charge < -0.3 is 19.5 Å². The van der Waals surface area contributed by atoms with E-state index >= 15 is 0 Å². The summed E-state index contributed by atoms with van der Waals surface area (Å²) in [6.07, 6.45) is 11.1. The maximum absolute atomic E-state index is 13.1. The van der Waals surface area contributed by atoms with Crippen LogP contribution in [-0.2, 0) is 9.59 Å². The molecule has 3 saturated carbocycles. The van der Waals surface area contributed by atoms with Crippen molar-refractivity contribution in [2.45, 2.75) is 64.8 Å². The molecule has 1 N–H and O–H groups in total. The minimum atomic E-state index is -0.217. The standard InChI is InChI=1S/C28H37NO5/c1-27-14-12-20-18(9-11-23-28(20,2)15-13-24(30)29-23)19(27)10-8-17(27)16-25(31)34-26-21(32-3)6-5-7-22(26)33-4/h5-7,13,15,17-20,23H,8-12,14,16H2,1-4H3,(H,29,30)/t17-,18+,19+,20+,23?,27-,28-/m1/s1. The zero-order valence-electron chi connectivity index (χ0n) is 20.8. The highest BCUT2D eigenvalue weighted by Crippen LogP contribution is 2.65. The molecule has 1 aliphatic heterocycles. The summed E-state index contributed by atoms with van der Waals surface area (Å²) in [6, 6.07) is 5.62. The molecule has 1 aromatic carbocycles. The highest BCUT2D eigenvalue weighted by Gasteiger charge is 2.59. The number of benzene rings is 1. The molecule has 184 valence electrons. The van der Waals surface area contributed by atoms with Crippen molar-refractivity contribution in [3.63, 3.8) is 0 Å². The van der Waals surface area contributed by atoms with Crippen LogP contribution in [0.1, 0.15) is 58.8 Å². The fourth-order valence-corrected chi connectivity index (χ4v) is 8.05. The number of carbonyl (C=O) groups excluding carboxylic acids is 2. The number of rotatable bonds is 5. The summed E-state index contributed by atoms with van der Waals surface area (Å²) in [7, 11) is 3.13. The minimum absolute atomic E-state index is 0.0373. The lowest BCUT2D eigenvalue weighted by atomic mass is 9.48. The highest BCUT2D eigenvalue weighted by atomic mass is 16.6. The number of nitrogens with one attached hydrogen (secondary N) is 1. The van der Waals surface area contributed by atoms with Crippen LogP contribution in [-0.4, -0.2) is 32.1 Å². The van der Waals surface area contributed by atoms with E-state index in [2.05, 4.69) is 25.2 Å². The number of esters is 1. The first-order chi connectivity index (χ1) is 16.3. The van der Waals surface area contributed by atoms with Crippen molar-refractivity contribution in [1.29, 1.82) is 0 Å². The Morgan fingerprint density at radius 3 is 2.47 bits per heavy atom. The molecule has 6 nitrogen and oxygen atoms in total. The number of amides is 1. The number of methoxy groups -OCH3 is 2. The zero-order valence-corrected chi connectivity index (χ0v) is 20.8. The quantitative estimate of drug-likeness (QED) is 0.492. The molecule has 6 heteroatoms. The number of hydrogen-bond acceptors (Lipinski definition) is 5. The van der Waals surface area contributed by atoms with Crippen LogP contribution in [0.3, 0.4) is 0 Å². The molecule has 1 unspecified atom stereocenters. The van der Waals surface area contributed by atoms with Crippen molar-refractivity contribution in [3.05, 3.63) is 30.4 Å². The van der Waals surface area contributed by atoms with E-state index < -0.39 is 0 Å². The first-order valence-corrected chi connectivity index (χ1v) is 12.7. The molecular weight excluding hydrogens is 430 g/mol. The second-order valence-electron chi connectivity index (χ2n) is 11.2. The molecule has 1 aromatic rings. The van der Waals surface area contributed by atoms with E-state index in [9.17, 15) is 9.59 Å². The van der Waals surface area contributed by atoms with Crippen molar-refractivity contribution in [2.24, 2.45) is 34.5 Å². The molecule has 4 aliphatic rings. The van der Waals surface area contributed by atoms with Gasteiger partial charge in [-0.3, -0.25) is 9.59 Å². The first-order valence-electron chi connectivity index (χ1n) is 12.7. The van der Waals surface area contributed by atoms with Gasteiger partial charge in [-0.15, -0.1) is 0 Å². The lowest BCUT2D eigenvalue weighted by Gasteiger charge is -2.58. The average molecular weight is 468 g/mol. The molecule has 0 saturated heterocycles. The molecule has 0 spiro atoms. The van der Waals surface area contributed by atoms with Gasteiger partial charge in [0.05, 0.1) is 14.2 Å². The first kappa shape index (κ1) is 23.3. The molecule has 7 atom stereocenters. The zero-order chi connectivity index (χ0) is 24.1. The lowest BCUT2D eigenvalue weighted by Crippen LogP contribution is -2.59.